The fourth-order valence-corrected chi connectivity index (χ4v) is 1.01. The second-order valence-corrected chi connectivity index (χ2v) is 5.13. The van der Waals surface area contributed by atoms with Crippen molar-refractivity contribution in [3.63, 3.8) is 0 Å². The molecule has 0 aromatic heterocycles. The zero-order valence-corrected chi connectivity index (χ0v) is 10.3. The van der Waals surface area contributed by atoms with E-state index in [0.29, 0.717) is 12.3 Å². The first-order chi connectivity index (χ1) is 6.70. The Morgan fingerprint density at radius 2 is 1.87 bits per heavy atom. The molecule has 4 heteroatoms. The number of carbonyl (C=O) groups excluding carboxylic acids is 1. The van der Waals surface area contributed by atoms with Crippen LogP contribution in [0.2, 0.25) is 0 Å². The van der Waals surface area contributed by atoms with Gasteiger partial charge in [-0.2, -0.15) is 0 Å². The smallest absolute Gasteiger partial charge is 0.409 e. The van der Waals surface area contributed by atoms with Crippen LogP contribution in [0.3, 0.4) is 0 Å². The molecule has 1 atom stereocenters. The molecule has 0 aromatic carbocycles. The monoisotopic (exact) mass is 217 g/mol. The summed E-state index contributed by atoms with van der Waals surface area (Å²) in [5.41, 5.74) is -0.526. The standard InChI is InChI=1S/C11H23NO3/c1-8(2)6-7-9(13)12-10(14)15-11(3,4)5/h8-9,13H,6-7H2,1-5H3,(H,12,14). The second kappa shape index (κ2) is 5.95. The molecular weight excluding hydrogens is 194 g/mol. The number of aliphatic hydroxyl groups excluding tert-OH is 1. The van der Waals surface area contributed by atoms with Crippen LogP contribution < -0.4 is 5.32 Å². The van der Waals surface area contributed by atoms with Gasteiger partial charge in [0.15, 0.2) is 0 Å². The third-order valence-electron chi connectivity index (χ3n) is 1.70. The summed E-state index contributed by atoms with van der Waals surface area (Å²) in [7, 11) is 0. The molecule has 1 unspecified atom stereocenters. The van der Waals surface area contributed by atoms with Crippen molar-refractivity contribution in [3.05, 3.63) is 0 Å². The van der Waals surface area contributed by atoms with Crippen molar-refractivity contribution in [2.24, 2.45) is 5.92 Å². The molecule has 0 bridgehead atoms. The molecule has 0 rings (SSSR count). The lowest BCUT2D eigenvalue weighted by atomic mass is 10.1. The second-order valence-electron chi connectivity index (χ2n) is 5.13. The van der Waals surface area contributed by atoms with Crippen molar-refractivity contribution in [3.8, 4) is 0 Å². The molecule has 0 radical (unpaired) electrons. The summed E-state index contributed by atoms with van der Waals surface area (Å²) >= 11 is 0. The van der Waals surface area contributed by atoms with Crippen LogP contribution in [0.5, 0.6) is 0 Å². The Morgan fingerprint density at radius 3 is 2.27 bits per heavy atom. The lowest BCUT2D eigenvalue weighted by molar-refractivity contribution is 0.0336. The Labute approximate surface area is 92.0 Å². The molecule has 0 aromatic rings. The zero-order valence-electron chi connectivity index (χ0n) is 10.3. The Kier molecular flexibility index (Phi) is 5.65. The summed E-state index contributed by atoms with van der Waals surface area (Å²) < 4.78 is 5.01. The van der Waals surface area contributed by atoms with Crippen LogP contribution in [0.25, 0.3) is 0 Å². The van der Waals surface area contributed by atoms with Gasteiger partial charge in [0.25, 0.3) is 0 Å². The first-order valence-corrected chi connectivity index (χ1v) is 5.38. The molecule has 15 heavy (non-hydrogen) atoms. The van der Waals surface area contributed by atoms with Gasteiger partial charge < -0.3 is 9.84 Å². The highest BCUT2D eigenvalue weighted by Crippen LogP contribution is 2.08. The van der Waals surface area contributed by atoms with Crippen LogP contribution in [-0.4, -0.2) is 23.0 Å². The molecule has 2 N–H and O–H groups in total. The fourth-order valence-electron chi connectivity index (χ4n) is 1.01. The molecule has 0 saturated heterocycles. The number of hydrogen-bond acceptors (Lipinski definition) is 3. The Bertz CT molecular complexity index is 196. The predicted molar refractivity (Wildman–Crippen MR) is 59.4 cm³/mol. The van der Waals surface area contributed by atoms with Crippen LogP contribution in [-0.2, 0) is 4.74 Å². The summed E-state index contributed by atoms with van der Waals surface area (Å²) in [4.78, 5) is 11.2. The van der Waals surface area contributed by atoms with E-state index in [4.69, 9.17) is 4.74 Å². The molecule has 0 saturated carbocycles. The minimum Gasteiger partial charge on any atom is -0.444 e. The van der Waals surface area contributed by atoms with Gasteiger partial charge in [-0.25, -0.2) is 4.79 Å². The van der Waals surface area contributed by atoms with Gasteiger partial charge in [-0.05, 0) is 39.5 Å². The number of alkyl carbamates (subject to hydrolysis) is 1. The lowest BCUT2D eigenvalue weighted by Gasteiger charge is -2.21. The maximum atomic E-state index is 11.2. The Balaban J connectivity index is 3.77. The van der Waals surface area contributed by atoms with Crippen LogP contribution >= 0.6 is 0 Å². The minimum atomic E-state index is -0.817. The van der Waals surface area contributed by atoms with Crippen LogP contribution in [0.4, 0.5) is 4.79 Å². The molecule has 0 spiro atoms. The van der Waals surface area contributed by atoms with E-state index in [-0.39, 0.29) is 0 Å². The normalized spacial score (nSPS) is 13.8. The van der Waals surface area contributed by atoms with E-state index >= 15 is 0 Å². The predicted octanol–water partition coefficient (Wildman–Crippen LogP) is 2.27. The van der Waals surface area contributed by atoms with Gasteiger partial charge in [0.1, 0.15) is 11.8 Å². The van der Waals surface area contributed by atoms with Gasteiger partial charge in [0, 0.05) is 0 Å². The summed E-state index contributed by atoms with van der Waals surface area (Å²) in [5, 5.41) is 11.8. The first-order valence-electron chi connectivity index (χ1n) is 5.38. The van der Waals surface area contributed by atoms with E-state index in [1.165, 1.54) is 0 Å². The van der Waals surface area contributed by atoms with Crippen molar-refractivity contribution < 1.29 is 14.6 Å². The van der Waals surface area contributed by atoms with E-state index in [1.54, 1.807) is 20.8 Å². The van der Waals surface area contributed by atoms with E-state index < -0.39 is 17.9 Å². The van der Waals surface area contributed by atoms with E-state index in [2.05, 4.69) is 19.2 Å². The highest BCUT2D eigenvalue weighted by atomic mass is 16.6. The van der Waals surface area contributed by atoms with Crippen LogP contribution in [0.1, 0.15) is 47.5 Å². The molecule has 0 aliphatic heterocycles. The number of nitrogens with one attached hydrogen (secondary N) is 1. The van der Waals surface area contributed by atoms with E-state index in [1.807, 2.05) is 0 Å². The number of ether oxygens (including phenoxy) is 1. The molecular formula is C11H23NO3. The summed E-state index contributed by atoms with van der Waals surface area (Å²) in [6, 6.07) is 0. The minimum absolute atomic E-state index is 0.514. The molecule has 0 aliphatic rings. The number of hydrogen-bond donors (Lipinski definition) is 2. The third-order valence-corrected chi connectivity index (χ3v) is 1.70. The maximum absolute atomic E-state index is 11.2. The van der Waals surface area contributed by atoms with E-state index in [0.717, 1.165) is 6.42 Å². The van der Waals surface area contributed by atoms with Crippen molar-refractivity contribution in [2.75, 3.05) is 0 Å². The Morgan fingerprint density at radius 1 is 1.33 bits per heavy atom. The molecule has 0 fully saturated rings. The van der Waals surface area contributed by atoms with Gasteiger partial charge in [0.2, 0.25) is 0 Å². The topological polar surface area (TPSA) is 58.6 Å². The first kappa shape index (κ1) is 14.2. The molecule has 4 nitrogen and oxygen atoms in total. The van der Waals surface area contributed by atoms with E-state index in [9.17, 15) is 9.90 Å². The van der Waals surface area contributed by atoms with Gasteiger partial charge >= 0.3 is 6.09 Å². The van der Waals surface area contributed by atoms with Crippen molar-refractivity contribution in [1.82, 2.24) is 5.32 Å². The molecule has 1 amide bonds. The fraction of sp³-hybridized carbons (Fsp3) is 0.909. The van der Waals surface area contributed by atoms with Crippen molar-refractivity contribution in [2.45, 2.75) is 59.3 Å². The molecule has 0 aliphatic carbocycles. The molecule has 90 valence electrons. The zero-order chi connectivity index (χ0) is 12.1. The quantitative estimate of drug-likeness (QED) is 0.710. The number of rotatable bonds is 4. The number of carbonyl (C=O) groups is 1. The largest absolute Gasteiger partial charge is 0.444 e. The highest BCUT2D eigenvalue weighted by molar-refractivity contribution is 5.67. The van der Waals surface area contributed by atoms with Crippen molar-refractivity contribution in [1.29, 1.82) is 0 Å². The van der Waals surface area contributed by atoms with Crippen molar-refractivity contribution >= 4 is 6.09 Å². The van der Waals surface area contributed by atoms with Gasteiger partial charge in [-0.3, -0.25) is 5.32 Å². The summed E-state index contributed by atoms with van der Waals surface area (Å²) in [5.74, 6) is 0.514. The van der Waals surface area contributed by atoms with Crippen LogP contribution in [0, 0.1) is 5.92 Å². The lowest BCUT2D eigenvalue weighted by Crippen LogP contribution is -2.39. The SMILES string of the molecule is CC(C)CCC(O)NC(=O)OC(C)(C)C. The number of amides is 1. The average Bonchev–Trinajstić information content (AvgIpc) is 1.96. The third kappa shape index (κ3) is 9.53. The van der Waals surface area contributed by atoms with Gasteiger partial charge in [-0.1, -0.05) is 13.8 Å². The Hall–Kier alpha value is -0.770. The average molecular weight is 217 g/mol. The number of aliphatic hydroxyl groups is 1. The molecule has 0 heterocycles. The highest BCUT2D eigenvalue weighted by Gasteiger charge is 2.18. The van der Waals surface area contributed by atoms with Gasteiger partial charge in [-0.15, -0.1) is 0 Å². The van der Waals surface area contributed by atoms with Crippen LogP contribution in [0.15, 0.2) is 0 Å². The maximum Gasteiger partial charge on any atom is 0.409 e. The summed E-state index contributed by atoms with van der Waals surface area (Å²) in [6.45, 7) is 9.49. The summed E-state index contributed by atoms with van der Waals surface area (Å²) in [6.07, 6.45) is 0.0365. The van der Waals surface area contributed by atoms with Gasteiger partial charge in [0.05, 0.1) is 0 Å².